The Morgan fingerprint density at radius 3 is 2.60 bits per heavy atom. The lowest BCUT2D eigenvalue weighted by Gasteiger charge is -1.95. The summed E-state index contributed by atoms with van der Waals surface area (Å²) in [4.78, 5) is 0.877. The summed E-state index contributed by atoms with van der Waals surface area (Å²) >= 11 is 10.7. The fourth-order valence-electron chi connectivity index (χ4n) is 0.707. The molecule has 10 heavy (non-hydrogen) atoms. The van der Waals surface area contributed by atoms with Crippen molar-refractivity contribution in [3.8, 4) is 0 Å². The highest BCUT2D eigenvalue weighted by molar-refractivity contribution is 7.80. The highest BCUT2D eigenvalue weighted by atomic mass is 35.5. The van der Waals surface area contributed by atoms with E-state index in [0.717, 1.165) is 15.5 Å². The van der Waals surface area contributed by atoms with Crippen LogP contribution in [-0.4, -0.2) is 4.86 Å². The highest BCUT2D eigenvalue weighted by Gasteiger charge is 1.93. The average molecular weight is 171 g/mol. The van der Waals surface area contributed by atoms with Gasteiger partial charge in [0.25, 0.3) is 0 Å². The molecule has 0 bridgehead atoms. The Balaban J connectivity index is 3.07. The summed E-state index contributed by atoms with van der Waals surface area (Å²) in [6, 6.07) is 7.55. The number of benzene rings is 1. The molecule has 0 nitrogen and oxygen atoms in total. The van der Waals surface area contributed by atoms with E-state index in [9.17, 15) is 0 Å². The Hall–Kier alpha value is -0.400. The van der Waals surface area contributed by atoms with Crippen molar-refractivity contribution in [3.05, 3.63) is 34.9 Å². The molecule has 0 aliphatic carbocycles. The summed E-state index contributed by atoms with van der Waals surface area (Å²) in [5.41, 5.74) is 1.03. The van der Waals surface area contributed by atoms with E-state index in [2.05, 4.69) is 0 Å². The van der Waals surface area contributed by atoms with Crippen LogP contribution in [0.25, 0.3) is 0 Å². The first-order valence-corrected chi connectivity index (χ1v) is 3.75. The molecular formula is C8H7ClS. The summed E-state index contributed by atoms with van der Waals surface area (Å²) in [5, 5.41) is 0.738. The van der Waals surface area contributed by atoms with E-state index in [1.165, 1.54) is 0 Å². The molecule has 0 aliphatic heterocycles. The molecule has 0 fully saturated rings. The smallest absolute Gasteiger partial charge is 0.0412 e. The lowest BCUT2D eigenvalue weighted by atomic mass is 10.2. The van der Waals surface area contributed by atoms with Gasteiger partial charge in [-0.1, -0.05) is 36.0 Å². The van der Waals surface area contributed by atoms with E-state index >= 15 is 0 Å². The zero-order chi connectivity index (χ0) is 7.56. The Morgan fingerprint density at radius 1 is 1.50 bits per heavy atom. The van der Waals surface area contributed by atoms with Gasteiger partial charge in [0.15, 0.2) is 0 Å². The standard InChI is InChI=1S/C8H7ClS/c1-6(10)7-3-2-4-8(9)5-7/h2-5H,1H3. The molecular weight excluding hydrogens is 164 g/mol. The van der Waals surface area contributed by atoms with Crippen molar-refractivity contribution in [2.24, 2.45) is 0 Å². The van der Waals surface area contributed by atoms with Gasteiger partial charge in [-0.25, -0.2) is 0 Å². The first-order valence-electron chi connectivity index (χ1n) is 2.96. The molecule has 0 amide bonds. The minimum absolute atomic E-state index is 0.738. The van der Waals surface area contributed by atoms with Crippen LogP contribution in [0.2, 0.25) is 5.02 Å². The van der Waals surface area contributed by atoms with Crippen LogP contribution in [-0.2, 0) is 0 Å². The highest BCUT2D eigenvalue weighted by Crippen LogP contribution is 2.11. The van der Waals surface area contributed by atoms with Crippen LogP contribution >= 0.6 is 23.8 Å². The topological polar surface area (TPSA) is 0 Å². The Kier molecular flexibility index (Phi) is 2.41. The zero-order valence-electron chi connectivity index (χ0n) is 5.60. The van der Waals surface area contributed by atoms with Crippen molar-refractivity contribution in [2.75, 3.05) is 0 Å². The molecule has 0 saturated carbocycles. The van der Waals surface area contributed by atoms with Gasteiger partial charge in [-0.3, -0.25) is 0 Å². The zero-order valence-corrected chi connectivity index (χ0v) is 7.17. The normalized spacial score (nSPS) is 9.40. The third kappa shape index (κ3) is 1.79. The largest absolute Gasteiger partial charge is 0.0846 e. The third-order valence-corrected chi connectivity index (χ3v) is 1.70. The maximum absolute atomic E-state index is 5.73. The number of thiocarbonyl (C=S) groups is 1. The number of rotatable bonds is 1. The van der Waals surface area contributed by atoms with Crippen molar-refractivity contribution < 1.29 is 0 Å². The van der Waals surface area contributed by atoms with Gasteiger partial charge in [0.1, 0.15) is 0 Å². The van der Waals surface area contributed by atoms with Gasteiger partial charge >= 0.3 is 0 Å². The Labute approximate surface area is 70.8 Å². The molecule has 0 heterocycles. The predicted octanol–water partition coefficient (Wildman–Crippen LogP) is 3.08. The molecule has 0 spiro atoms. The molecule has 0 aliphatic rings. The molecule has 0 atom stereocenters. The third-order valence-electron chi connectivity index (χ3n) is 1.23. The van der Waals surface area contributed by atoms with E-state index in [4.69, 9.17) is 23.8 Å². The Morgan fingerprint density at radius 2 is 2.20 bits per heavy atom. The van der Waals surface area contributed by atoms with Gasteiger partial charge in [0, 0.05) is 9.89 Å². The van der Waals surface area contributed by atoms with Crippen LogP contribution in [0.15, 0.2) is 24.3 Å². The Bertz CT molecular complexity index is 255. The van der Waals surface area contributed by atoms with Gasteiger partial charge < -0.3 is 0 Å². The van der Waals surface area contributed by atoms with Crippen LogP contribution in [0.3, 0.4) is 0 Å². The monoisotopic (exact) mass is 170 g/mol. The first kappa shape index (κ1) is 7.70. The quantitative estimate of drug-likeness (QED) is 0.461. The van der Waals surface area contributed by atoms with Crippen molar-refractivity contribution in [1.82, 2.24) is 0 Å². The van der Waals surface area contributed by atoms with Crippen LogP contribution < -0.4 is 0 Å². The first-order chi connectivity index (χ1) is 4.70. The van der Waals surface area contributed by atoms with Gasteiger partial charge in [-0.15, -0.1) is 0 Å². The lowest BCUT2D eigenvalue weighted by molar-refractivity contribution is 1.65. The van der Waals surface area contributed by atoms with Crippen molar-refractivity contribution in [3.63, 3.8) is 0 Å². The summed E-state index contributed by atoms with van der Waals surface area (Å²) in [6.45, 7) is 1.89. The molecule has 1 aromatic rings. The van der Waals surface area contributed by atoms with Crippen LogP contribution in [0.1, 0.15) is 12.5 Å². The number of halogens is 1. The van der Waals surface area contributed by atoms with Gasteiger partial charge in [0.05, 0.1) is 0 Å². The molecule has 1 aromatic carbocycles. The molecule has 0 radical (unpaired) electrons. The maximum atomic E-state index is 5.73. The second-order valence-electron chi connectivity index (χ2n) is 2.07. The molecule has 52 valence electrons. The summed E-state index contributed by atoms with van der Waals surface area (Å²) in [6.07, 6.45) is 0. The molecule has 0 aromatic heterocycles. The number of hydrogen-bond acceptors (Lipinski definition) is 1. The average Bonchev–Trinajstić information content (AvgIpc) is 1.88. The lowest BCUT2D eigenvalue weighted by Crippen LogP contribution is -1.87. The van der Waals surface area contributed by atoms with Crippen LogP contribution in [0.5, 0.6) is 0 Å². The van der Waals surface area contributed by atoms with Crippen molar-refractivity contribution in [1.29, 1.82) is 0 Å². The molecule has 0 unspecified atom stereocenters. The van der Waals surface area contributed by atoms with Crippen molar-refractivity contribution in [2.45, 2.75) is 6.92 Å². The molecule has 0 saturated heterocycles. The van der Waals surface area contributed by atoms with Crippen LogP contribution in [0, 0.1) is 0 Å². The fourth-order valence-corrected chi connectivity index (χ4v) is 1.02. The van der Waals surface area contributed by atoms with E-state index in [0.29, 0.717) is 0 Å². The molecule has 0 N–H and O–H groups in total. The second-order valence-corrected chi connectivity index (χ2v) is 3.12. The second kappa shape index (κ2) is 3.13. The van der Waals surface area contributed by atoms with Gasteiger partial charge in [0.2, 0.25) is 0 Å². The molecule has 1 rings (SSSR count). The van der Waals surface area contributed by atoms with E-state index in [-0.39, 0.29) is 0 Å². The maximum Gasteiger partial charge on any atom is 0.0412 e. The van der Waals surface area contributed by atoms with E-state index < -0.39 is 0 Å². The predicted molar refractivity (Wildman–Crippen MR) is 48.8 cm³/mol. The summed E-state index contributed by atoms with van der Waals surface area (Å²) in [5.74, 6) is 0. The van der Waals surface area contributed by atoms with Gasteiger partial charge in [-0.05, 0) is 24.6 Å². The van der Waals surface area contributed by atoms with Crippen molar-refractivity contribution >= 4 is 28.7 Å². The fraction of sp³-hybridized carbons (Fsp3) is 0.125. The van der Waals surface area contributed by atoms with E-state index in [1.807, 2.05) is 31.2 Å². The minimum atomic E-state index is 0.738. The van der Waals surface area contributed by atoms with E-state index in [1.54, 1.807) is 0 Å². The minimum Gasteiger partial charge on any atom is -0.0846 e. The molecule has 2 heteroatoms. The van der Waals surface area contributed by atoms with Gasteiger partial charge in [-0.2, -0.15) is 0 Å². The summed E-state index contributed by atoms with van der Waals surface area (Å²) in [7, 11) is 0. The SMILES string of the molecule is CC(=S)c1cccc(Cl)c1. The summed E-state index contributed by atoms with van der Waals surface area (Å²) < 4.78 is 0. The number of hydrogen-bond donors (Lipinski definition) is 0. The van der Waals surface area contributed by atoms with Crippen LogP contribution in [0.4, 0.5) is 0 Å².